The van der Waals surface area contributed by atoms with Gasteiger partial charge in [-0.1, -0.05) is 52.9 Å². The molecule has 14 heavy (non-hydrogen) atoms. The van der Waals surface area contributed by atoms with E-state index in [1.54, 1.807) is 0 Å². The van der Waals surface area contributed by atoms with Crippen LogP contribution in [0.1, 0.15) is 59.3 Å². The molecule has 0 heterocycles. The number of carbonyl (C=O) groups is 1. The zero-order valence-electron chi connectivity index (χ0n) is 9.94. The van der Waals surface area contributed by atoms with E-state index in [0.29, 0.717) is 0 Å². The van der Waals surface area contributed by atoms with Gasteiger partial charge in [-0.25, -0.2) is 0 Å². The third-order valence-electron chi connectivity index (χ3n) is 2.85. The molecule has 0 saturated carbocycles. The minimum absolute atomic E-state index is 0.182. The molecule has 0 aromatic carbocycles. The number of ketones is 1. The number of unbranched alkanes of at least 4 members (excludes halogenated alkanes) is 4. The van der Waals surface area contributed by atoms with Crippen LogP contribution in [0.25, 0.3) is 0 Å². The van der Waals surface area contributed by atoms with Crippen molar-refractivity contribution in [3.05, 3.63) is 0 Å². The highest BCUT2D eigenvalue weighted by Crippen LogP contribution is 2.24. The number of rotatable bonds is 8. The van der Waals surface area contributed by atoms with Gasteiger partial charge in [-0.15, -0.1) is 0 Å². The standard InChI is InChI=1S/C12H25NO/c1-4-5-6-7-8-9-12(2,3)11(14)10-13/h4-10,13H2,1-3H3. The van der Waals surface area contributed by atoms with Crippen molar-refractivity contribution in [2.75, 3.05) is 6.54 Å². The largest absolute Gasteiger partial charge is 0.324 e. The van der Waals surface area contributed by atoms with Crippen molar-refractivity contribution in [2.24, 2.45) is 11.1 Å². The Hall–Kier alpha value is -0.370. The molecule has 2 nitrogen and oxygen atoms in total. The van der Waals surface area contributed by atoms with Crippen molar-refractivity contribution in [1.29, 1.82) is 0 Å². The molecule has 0 saturated heterocycles. The maximum Gasteiger partial charge on any atom is 0.151 e. The summed E-state index contributed by atoms with van der Waals surface area (Å²) in [6.07, 6.45) is 7.25. The average Bonchev–Trinajstić information content (AvgIpc) is 2.16. The number of nitrogens with two attached hydrogens (primary N) is 1. The zero-order chi connectivity index (χ0) is 11.0. The van der Waals surface area contributed by atoms with Gasteiger partial charge >= 0.3 is 0 Å². The molecule has 0 aliphatic rings. The van der Waals surface area contributed by atoms with Crippen molar-refractivity contribution in [3.63, 3.8) is 0 Å². The van der Waals surface area contributed by atoms with Crippen molar-refractivity contribution in [1.82, 2.24) is 0 Å². The minimum Gasteiger partial charge on any atom is -0.324 e. The summed E-state index contributed by atoms with van der Waals surface area (Å²) in [6, 6.07) is 0. The van der Waals surface area contributed by atoms with Gasteiger partial charge in [0.1, 0.15) is 0 Å². The molecule has 0 spiro atoms. The topological polar surface area (TPSA) is 43.1 Å². The molecule has 0 aliphatic heterocycles. The second kappa shape index (κ2) is 6.99. The van der Waals surface area contributed by atoms with Crippen LogP contribution in [0.5, 0.6) is 0 Å². The van der Waals surface area contributed by atoms with Crippen molar-refractivity contribution < 1.29 is 4.79 Å². The summed E-state index contributed by atoms with van der Waals surface area (Å²) in [4.78, 5) is 11.4. The number of carbonyl (C=O) groups excluding carboxylic acids is 1. The van der Waals surface area contributed by atoms with Gasteiger partial charge < -0.3 is 5.73 Å². The van der Waals surface area contributed by atoms with Crippen molar-refractivity contribution in [3.8, 4) is 0 Å². The number of Topliss-reactive ketones (excluding diaryl/α,β-unsaturated/α-hetero) is 1. The second-order valence-electron chi connectivity index (χ2n) is 4.68. The number of hydrogen-bond donors (Lipinski definition) is 1. The lowest BCUT2D eigenvalue weighted by Gasteiger charge is -2.21. The van der Waals surface area contributed by atoms with Gasteiger partial charge in [0.25, 0.3) is 0 Å². The quantitative estimate of drug-likeness (QED) is 0.611. The lowest BCUT2D eigenvalue weighted by Crippen LogP contribution is -2.30. The van der Waals surface area contributed by atoms with E-state index < -0.39 is 0 Å². The van der Waals surface area contributed by atoms with Crippen LogP contribution in [0.15, 0.2) is 0 Å². The fourth-order valence-electron chi connectivity index (χ4n) is 1.59. The Balaban J connectivity index is 3.60. The molecule has 0 aliphatic carbocycles. The van der Waals surface area contributed by atoms with E-state index in [9.17, 15) is 4.79 Å². The Morgan fingerprint density at radius 2 is 1.71 bits per heavy atom. The predicted molar refractivity (Wildman–Crippen MR) is 61.2 cm³/mol. The molecule has 2 heteroatoms. The summed E-state index contributed by atoms with van der Waals surface area (Å²) in [5.74, 6) is 0.188. The Labute approximate surface area is 88.3 Å². The molecule has 2 N–H and O–H groups in total. The van der Waals surface area contributed by atoms with Crippen molar-refractivity contribution >= 4 is 5.78 Å². The highest BCUT2D eigenvalue weighted by molar-refractivity contribution is 5.85. The van der Waals surface area contributed by atoms with Gasteiger partial charge in [0, 0.05) is 5.41 Å². The van der Waals surface area contributed by atoms with Crippen LogP contribution in [-0.2, 0) is 4.79 Å². The van der Waals surface area contributed by atoms with Crippen LogP contribution >= 0.6 is 0 Å². The molecule has 0 unspecified atom stereocenters. The smallest absolute Gasteiger partial charge is 0.151 e. The Morgan fingerprint density at radius 1 is 1.14 bits per heavy atom. The predicted octanol–water partition coefficient (Wildman–Crippen LogP) is 2.90. The van der Waals surface area contributed by atoms with E-state index in [-0.39, 0.29) is 17.7 Å². The van der Waals surface area contributed by atoms with Crippen LogP contribution < -0.4 is 5.73 Å². The third kappa shape index (κ3) is 5.38. The third-order valence-corrected chi connectivity index (χ3v) is 2.85. The minimum atomic E-state index is -0.207. The lowest BCUT2D eigenvalue weighted by atomic mass is 9.82. The van der Waals surface area contributed by atoms with Crippen LogP contribution in [0.4, 0.5) is 0 Å². The maximum absolute atomic E-state index is 11.4. The first-order valence-electron chi connectivity index (χ1n) is 5.78. The average molecular weight is 199 g/mol. The summed E-state index contributed by atoms with van der Waals surface area (Å²) < 4.78 is 0. The fraction of sp³-hybridized carbons (Fsp3) is 0.917. The van der Waals surface area contributed by atoms with Gasteiger partial charge in [0.05, 0.1) is 6.54 Å². The summed E-state index contributed by atoms with van der Waals surface area (Å²) in [5, 5.41) is 0. The Kier molecular flexibility index (Phi) is 6.81. The van der Waals surface area contributed by atoms with Gasteiger partial charge in [0.2, 0.25) is 0 Å². The SMILES string of the molecule is CCCCCCCC(C)(C)C(=O)CN. The molecule has 84 valence electrons. The molecule has 0 bridgehead atoms. The molecule has 0 fully saturated rings. The number of hydrogen-bond acceptors (Lipinski definition) is 2. The van der Waals surface area contributed by atoms with E-state index in [1.807, 2.05) is 13.8 Å². The van der Waals surface area contributed by atoms with E-state index in [4.69, 9.17) is 5.73 Å². The molecule has 0 rings (SSSR count). The van der Waals surface area contributed by atoms with E-state index >= 15 is 0 Å². The van der Waals surface area contributed by atoms with Gasteiger partial charge in [-0.2, -0.15) is 0 Å². The Morgan fingerprint density at radius 3 is 2.21 bits per heavy atom. The van der Waals surface area contributed by atoms with Crippen molar-refractivity contribution in [2.45, 2.75) is 59.3 Å². The van der Waals surface area contributed by atoms with Gasteiger partial charge in [-0.3, -0.25) is 4.79 Å². The molecular formula is C12H25NO. The van der Waals surface area contributed by atoms with Gasteiger partial charge in [0.15, 0.2) is 5.78 Å². The molecule has 0 aromatic heterocycles. The first kappa shape index (κ1) is 13.6. The van der Waals surface area contributed by atoms with E-state index in [0.717, 1.165) is 12.8 Å². The first-order valence-corrected chi connectivity index (χ1v) is 5.78. The molecule has 0 amide bonds. The highest BCUT2D eigenvalue weighted by atomic mass is 16.1. The first-order chi connectivity index (χ1) is 6.54. The summed E-state index contributed by atoms with van der Waals surface area (Å²) in [5.41, 5.74) is 5.15. The van der Waals surface area contributed by atoms with Crippen LogP contribution in [0.2, 0.25) is 0 Å². The van der Waals surface area contributed by atoms with Crippen LogP contribution in [-0.4, -0.2) is 12.3 Å². The van der Waals surface area contributed by atoms with Crippen LogP contribution in [0.3, 0.4) is 0 Å². The monoisotopic (exact) mass is 199 g/mol. The zero-order valence-corrected chi connectivity index (χ0v) is 9.94. The summed E-state index contributed by atoms with van der Waals surface area (Å²) >= 11 is 0. The normalized spacial score (nSPS) is 11.7. The van der Waals surface area contributed by atoms with E-state index in [1.165, 1.54) is 25.7 Å². The van der Waals surface area contributed by atoms with Crippen LogP contribution in [0, 0.1) is 5.41 Å². The Bertz CT molecular complexity index is 164. The van der Waals surface area contributed by atoms with Gasteiger partial charge in [-0.05, 0) is 6.42 Å². The van der Waals surface area contributed by atoms with E-state index in [2.05, 4.69) is 6.92 Å². The maximum atomic E-state index is 11.4. The molecule has 0 aromatic rings. The lowest BCUT2D eigenvalue weighted by molar-refractivity contribution is -0.126. The molecule has 0 radical (unpaired) electrons. The highest BCUT2D eigenvalue weighted by Gasteiger charge is 2.24. The summed E-state index contributed by atoms with van der Waals surface area (Å²) in [7, 11) is 0. The summed E-state index contributed by atoms with van der Waals surface area (Å²) in [6.45, 7) is 6.40. The second-order valence-corrected chi connectivity index (χ2v) is 4.68. The molecule has 0 atom stereocenters. The fourth-order valence-corrected chi connectivity index (χ4v) is 1.59. The molecular weight excluding hydrogens is 174 g/mol.